The number of halogens is 1. The summed E-state index contributed by atoms with van der Waals surface area (Å²) in [6, 6.07) is 13.3. The molecule has 0 fully saturated rings. The van der Waals surface area contributed by atoms with Crippen molar-refractivity contribution in [3.05, 3.63) is 59.9 Å². The van der Waals surface area contributed by atoms with Crippen molar-refractivity contribution < 1.29 is 18.7 Å². The fourth-order valence-corrected chi connectivity index (χ4v) is 2.50. The summed E-state index contributed by atoms with van der Waals surface area (Å²) in [5.41, 5.74) is -0.634. The zero-order chi connectivity index (χ0) is 17.2. The number of nitrogens with one attached hydrogen (secondary N) is 2. The van der Waals surface area contributed by atoms with Crippen LogP contribution in [0.2, 0.25) is 0 Å². The van der Waals surface area contributed by atoms with E-state index in [1.165, 1.54) is 13.0 Å². The van der Waals surface area contributed by atoms with E-state index >= 15 is 0 Å². The van der Waals surface area contributed by atoms with E-state index in [0.29, 0.717) is 23.4 Å². The minimum Gasteiger partial charge on any atom is -0.466 e. The molecule has 1 aliphatic rings. The van der Waals surface area contributed by atoms with Crippen LogP contribution in [-0.4, -0.2) is 24.0 Å². The van der Waals surface area contributed by atoms with Crippen molar-refractivity contribution in [2.75, 3.05) is 11.9 Å². The maximum Gasteiger partial charge on any atom is 0.278 e. The highest BCUT2D eigenvalue weighted by molar-refractivity contribution is 6.15. The van der Waals surface area contributed by atoms with Gasteiger partial charge in [-0.1, -0.05) is 30.3 Å². The van der Waals surface area contributed by atoms with Gasteiger partial charge in [-0.3, -0.25) is 9.59 Å². The Morgan fingerprint density at radius 3 is 2.71 bits per heavy atom. The van der Waals surface area contributed by atoms with Gasteiger partial charge in [0.05, 0.1) is 5.69 Å². The molecule has 0 saturated heterocycles. The average Bonchev–Trinajstić information content (AvgIpc) is 2.57. The molecule has 0 spiro atoms. The second kappa shape index (κ2) is 6.31. The van der Waals surface area contributed by atoms with Crippen molar-refractivity contribution in [3.63, 3.8) is 0 Å². The maximum absolute atomic E-state index is 13.6. The van der Waals surface area contributed by atoms with Crippen LogP contribution in [-0.2, 0) is 16.0 Å². The van der Waals surface area contributed by atoms with Gasteiger partial charge in [-0.15, -0.1) is 0 Å². The average molecular weight is 328 g/mol. The fourth-order valence-electron chi connectivity index (χ4n) is 2.50. The molecular weight excluding hydrogens is 311 g/mol. The van der Waals surface area contributed by atoms with Crippen LogP contribution in [0.3, 0.4) is 0 Å². The highest BCUT2D eigenvalue weighted by Gasteiger charge is 2.46. The molecule has 24 heavy (non-hydrogen) atoms. The Balaban J connectivity index is 1.66. The van der Waals surface area contributed by atoms with E-state index in [2.05, 4.69) is 10.6 Å². The summed E-state index contributed by atoms with van der Waals surface area (Å²) in [6.07, 6.45) is 0.326. The van der Waals surface area contributed by atoms with Gasteiger partial charge in [0.1, 0.15) is 11.6 Å². The Morgan fingerprint density at radius 1 is 1.21 bits per heavy atom. The molecule has 2 aromatic rings. The van der Waals surface area contributed by atoms with E-state index in [1.807, 2.05) is 0 Å². The van der Waals surface area contributed by atoms with Gasteiger partial charge >= 0.3 is 0 Å². The summed E-state index contributed by atoms with van der Waals surface area (Å²) in [5, 5.41) is 5.30. The summed E-state index contributed by atoms with van der Waals surface area (Å²) < 4.78 is 19.2. The third-order valence-corrected chi connectivity index (χ3v) is 3.95. The number of rotatable bonds is 4. The molecule has 1 aliphatic heterocycles. The second-order valence-electron chi connectivity index (χ2n) is 5.68. The number of hydrogen-bond acceptors (Lipinski definition) is 3. The molecule has 1 atom stereocenters. The smallest absolute Gasteiger partial charge is 0.278 e. The van der Waals surface area contributed by atoms with Crippen molar-refractivity contribution in [2.24, 2.45) is 0 Å². The number of ether oxygens (including phenoxy) is 1. The number of fused-ring (bicyclic) bond motifs is 1. The van der Waals surface area contributed by atoms with Gasteiger partial charge in [0.15, 0.2) is 0 Å². The summed E-state index contributed by atoms with van der Waals surface area (Å²) in [6.45, 7) is 1.62. The molecular formula is C18H17FN2O3. The van der Waals surface area contributed by atoms with Gasteiger partial charge in [-0.25, -0.2) is 4.39 Å². The lowest BCUT2D eigenvalue weighted by molar-refractivity contribution is -0.146. The van der Waals surface area contributed by atoms with Crippen molar-refractivity contribution in [3.8, 4) is 5.75 Å². The zero-order valence-corrected chi connectivity index (χ0v) is 13.1. The number of anilines is 1. The first-order valence-corrected chi connectivity index (χ1v) is 7.62. The van der Waals surface area contributed by atoms with E-state index in [4.69, 9.17) is 4.74 Å². The summed E-state index contributed by atoms with van der Waals surface area (Å²) in [7, 11) is 0. The molecule has 3 rings (SSSR count). The van der Waals surface area contributed by atoms with Crippen molar-refractivity contribution in [2.45, 2.75) is 18.9 Å². The standard InChI is InChI=1S/C18H17FN2O3/c1-18(17(23)21-14-8-4-5-9-15(14)24-18)16(22)20-11-10-12-6-2-3-7-13(12)19/h2-9H,10-11H2,1H3,(H,20,22)(H,21,23). The first-order valence-electron chi connectivity index (χ1n) is 7.62. The van der Waals surface area contributed by atoms with Crippen LogP contribution in [0.15, 0.2) is 48.5 Å². The van der Waals surface area contributed by atoms with E-state index in [9.17, 15) is 14.0 Å². The van der Waals surface area contributed by atoms with Gasteiger partial charge in [0.2, 0.25) is 0 Å². The first-order chi connectivity index (χ1) is 11.5. The Labute approximate surface area is 138 Å². The van der Waals surface area contributed by atoms with Gasteiger partial charge in [0, 0.05) is 6.54 Å². The van der Waals surface area contributed by atoms with Crippen molar-refractivity contribution >= 4 is 17.5 Å². The molecule has 1 unspecified atom stereocenters. The predicted molar refractivity (Wildman–Crippen MR) is 87.2 cm³/mol. The monoisotopic (exact) mass is 328 g/mol. The van der Waals surface area contributed by atoms with Crippen LogP contribution < -0.4 is 15.4 Å². The molecule has 0 bridgehead atoms. The van der Waals surface area contributed by atoms with E-state index in [-0.39, 0.29) is 12.4 Å². The van der Waals surface area contributed by atoms with Crippen LogP contribution in [0.25, 0.3) is 0 Å². The molecule has 2 aromatic carbocycles. The number of benzene rings is 2. The molecule has 124 valence electrons. The zero-order valence-electron chi connectivity index (χ0n) is 13.1. The second-order valence-corrected chi connectivity index (χ2v) is 5.68. The molecule has 5 nitrogen and oxygen atoms in total. The van der Waals surface area contributed by atoms with Crippen LogP contribution in [0.1, 0.15) is 12.5 Å². The third-order valence-electron chi connectivity index (χ3n) is 3.95. The first kappa shape index (κ1) is 16.0. The van der Waals surface area contributed by atoms with Gasteiger partial charge in [-0.2, -0.15) is 0 Å². The minimum absolute atomic E-state index is 0.202. The lowest BCUT2D eigenvalue weighted by Gasteiger charge is -2.33. The minimum atomic E-state index is -1.66. The number of carbonyl (C=O) groups is 2. The quantitative estimate of drug-likeness (QED) is 0.846. The Morgan fingerprint density at radius 2 is 1.92 bits per heavy atom. The Kier molecular flexibility index (Phi) is 4.20. The van der Waals surface area contributed by atoms with Crippen molar-refractivity contribution in [1.29, 1.82) is 0 Å². The molecule has 0 saturated carbocycles. The lowest BCUT2D eigenvalue weighted by Crippen LogP contribution is -2.58. The highest BCUT2D eigenvalue weighted by Crippen LogP contribution is 2.33. The lowest BCUT2D eigenvalue weighted by atomic mass is 10.0. The van der Waals surface area contributed by atoms with Crippen LogP contribution >= 0.6 is 0 Å². The summed E-state index contributed by atoms with van der Waals surface area (Å²) in [4.78, 5) is 24.7. The molecule has 0 aromatic heterocycles. The molecule has 1 heterocycles. The Hall–Kier alpha value is -2.89. The van der Waals surface area contributed by atoms with Gasteiger partial charge in [-0.05, 0) is 37.1 Å². The number of carbonyl (C=O) groups excluding carboxylic acids is 2. The van der Waals surface area contributed by atoms with E-state index in [1.54, 1.807) is 42.5 Å². The van der Waals surface area contributed by atoms with Crippen molar-refractivity contribution in [1.82, 2.24) is 5.32 Å². The molecule has 2 N–H and O–H groups in total. The number of amides is 2. The highest BCUT2D eigenvalue weighted by atomic mass is 19.1. The molecule has 2 amide bonds. The number of para-hydroxylation sites is 2. The molecule has 0 aliphatic carbocycles. The maximum atomic E-state index is 13.6. The summed E-state index contributed by atoms with van der Waals surface area (Å²) >= 11 is 0. The topological polar surface area (TPSA) is 67.4 Å². The van der Waals surface area contributed by atoms with E-state index in [0.717, 1.165) is 0 Å². The Bertz CT molecular complexity index is 793. The van der Waals surface area contributed by atoms with E-state index < -0.39 is 17.4 Å². The van der Waals surface area contributed by atoms with Crippen LogP contribution in [0, 0.1) is 5.82 Å². The number of hydrogen-bond donors (Lipinski definition) is 2. The predicted octanol–water partition coefficient (Wildman–Crippen LogP) is 2.27. The van der Waals surface area contributed by atoms with Crippen LogP contribution in [0.4, 0.5) is 10.1 Å². The molecule has 0 radical (unpaired) electrons. The SMILES string of the molecule is CC1(C(=O)NCCc2ccccc2F)Oc2ccccc2NC1=O. The third kappa shape index (κ3) is 2.95. The largest absolute Gasteiger partial charge is 0.466 e. The van der Waals surface area contributed by atoms with Crippen LogP contribution in [0.5, 0.6) is 5.75 Å². The fraction of sp³-hybridized carbons (Fsp3) is 0.222. The normalized spacial score (nSPS) is 19.0. The summed E-state index contributed by atoms with van der Waals surface area (Å²) in [5.74, 6) is -0.988. The van der Waals surface area contributed by atoms with Gasteiger partial charge in [0.25, 0.3) is 17.4 Å². The molecule has 6 heteroatoms. The van der Waals surface area contributed by atoms with Gasteiger partial charge < -0.3 is 15.4 Å².